The Morgan fingerprint density at radius 3 is 2.74 bits per heavy atom. The first-order chi connectivity index (χ1) is 8.86. The molecule has 9 nitrogen and oxygen atoms in total. The highest BCUT2D eigenvalue weighted by atomic mass is 16.6. The second-order valence-electron chi connectivity index (χ2n) is 3.77. The molecule has 0 amide bonds. The highest BCUT2D eigenvalue weighted by Gasteiger charge is 2.29. The first kappa shape index (κ1) is 14.6. The summed E-state index contributed by atoms with van der Waals surface area (Å²) in [5, 5.41) is 23.1. The Morgan fingerprint density at radius 2 is 2.26 bits per heavy atom. The fourth-order valence-electron chi connectivity index (χ4n) is 1.44. The molecule has 0 radical (unpaired) electrons. The number of hydrogen-bond donors (Lipinski definition) is 1. The molecule has 0 aliphatic rings. The summed E-state index contributed by atoms with van der Waals surface area (Å²) in [6.45, 7) is 3.17. The number of ether oxygens (including phenoxy) is 1. The third-order valence-electron chi connectivity index (χ3n) is 2.30. The monoisotopic (exact) mass is 271 g/mol. The Bertz CT molecular complexity index is 509. The largest absolute Gasteiger partial charge is 0.481 e. The molecule has 1 atom stereocenters. The number of rotatable bonds is 6. The lowest BCUT2D eigenvalue weighted by Gasteiger charge is -2.03. The molecular formula is C10H13N3O6. The Kier molecular flexibility index (Phi) is 4.56. The number of esters is 1. The van der Waals surface area contributed by atoms with Gasteiger partial charge >= 0.3 is 17.8 Å². The number of nitro groups is 1. The Hall–Kier alpha value is -2.45. The van der Waals surface area contributed by atoms with Crippen molar-refractivity contribution in [1.82, 2.24) is 9.78 Å². The molecular weight excluding hydrogens is 258 g/mol. The minimum absolute atomic E-state index is 0.0752. The Balaban J connectivity index is 3.10. The van der Waals surface area contributed by atoms with Crippen molar-refractivity contribution in [2.75, 3.05) is 6.61 Å². The van der Waals surface area contributed by atoms with E-state index in [2.05, 4.69) is 9.84 Å². The summed E-state index contributed by atoms with van der Waals surface area (Å²) in [6, 6.07) is -0.612. The zero-order valence-electron chi connectivity index (χ0n) is 10.4. The number of carboxylic acid groups (broad SMARTS) is 1. The van der Waals surface area contributed by atoms with Crippen LogP contribution in [0.3, 0.4) is 0 Å². The lowest BCUT2D eigenvalue weighted by molar-refractivity contribution is -0.390. The predicted molar refractivity (Wildman–Crippen MR) is 61.8 cm³/mol. The highest BCUT2D eigenvalue weighted by Crippen LogP contribution is 2.20. The van der Waals surface area contributed by atoms with Crippen LogP contribution in [0.1, 0.15) is 36.7 Å². The number of aromatic nitrogens is 2. The molecule has 0 aliphatic carbocycles. The smallest absolute Gasteiger partial charge is 0.404 e. The third-order valence-corrected chi connectivity index (χ3v) is 2.30. The Morgan fingerprint density at radius 1 is 1.63 bits per heavy atom. The van der Waals surface area contributed by atoms with E-state index in [-0.39, 0.29) is 18.6 Å². The summed E-state index contributed by atoms with van der Waals surface area (Å²) in [6.07, 6.45) is 0.866. The van der Waals surface area contributed by atoms with Gasteiger partial charge in [0.05, 0.1) is 30.4 Å². The van der Waals surface area contributed by atoms with Crippen LogP contribution in [0.5, 0.6) is 0 Å². The number of aliphatic carboxylic acids is 1. The number of carbonyl (C=O) groups excluding carboxylic acids is 1. The molecule has 0 fully saturated rings. The van der Waals surface area contributed by atoms with E-state index in [1.807, 2.05) is 0 Å². The fourth-order valence-corrected chi connectivity index (χ4v) is 1.44. The van der Waals surface area contributed by atoms with Gasteiger partial charge in [0.1, 0.15) is 0 Å². The molecule has 0 aliphatic heterocycles. The van der Waals surface area contributed by atoms with Gasteiger partial charge in [-0.05, 0) is 18.8 Å². The second kappa shape index (κ2) is 5.94. The van der Waals surface area contributed by atoms with E-state index in [4.69, 9.17) is 5.11 Å². The first-order valence-electron chi connectivity index (χ1n) is 5.49. The molecule has 1 N–H and O–H groups in total. The van der Waals surface area contributed by atoms with Gasteiger partial charge in [0, 0.05) is 0 Å². The van der Waals surface area contributed by atoms with E-state index < -0.39 is 28.7 Å². The van der Waals surface area contributed by atoms with Gasteiger partial charge in [-0.1, -0.05) is 0 Å². The van der Waals surface area contributed by atoms with Crippen LogP contribution >= 0.6 is 0 Å². The summed E-state index contributed by atoms with van der Waals surface area (Å²) in [5.41, 5.74) is -0.288. The summed E-state index contributed by atoms with van der Waals surface area (Å²) in [7, 11) is 0. The zero-order valence-corrected chi connectivity index (χ0v) is 10.4. The Labute approximate surface area is 107 Å². The van der Waals surface area contributed by atoms with Crippen molar-refractivity contribution in [2.45, 2.75) is 26.3 Å². The van der Waals surface area contributed by atoms with Crippen LogP contribution in [0.2, 0.25) is 0 Å². The third kappa shape index (κ3) is 3.50. The van der Waals surface area contributed by atoms with Crippen LogP contribution < -0.4 is 0 Å². The number of nitrogens with zero attached hydrogens (tertiary/aromatic N) is 3. The van der Waals surface area contributed by atoms with Crippen molar-refractivity contribution in [3.63, 3.8) is 0 Å². The summed E-state index contributed by atoms with van der Waals surface area (Å²) in [4.78, 5) is 32.1. The SMILES string of the molecule is CCOC(=O)c1cn(C(C)CC(=O)O)nc1[N+](=O)[O-]. The topological polar surface area (TPSA) is 125 Å². The maximum atomic E-state index is 11.5. The molecule has 1 heterocycles. The summed E-state index contributed by atoms with van der Waals surface area (Å²) < 4.78 is 5.76. The predicted octanol–water partition coefficient (Wildman–Crippen LogP) is 1.00. The highest BCUT2D eigenvalue weighted by molar-refractivity contribution is 5.92. The van der Waals surface area contributed by atoms with E-state index in [0.717, 1.165) is 10.9 Å². The van der Waals surface area contributed by atoms with Gasteiger partial charge in [-0.15, -0.1) is 0 Å². The molecule has 1 aromatic heterocycles. The van der Waals surface area contributed by atoms with Gasteiger partial charge in [-0.2, -0.15) is 4.68 Å². The molecule has 0 aromatic carbocycles. The minimum Gasteiger partial charge on any atom is -0.481 e. The van der Waals surface area contributed by atoms with E-state index in [1.165, 1.54) is 6.92 Å². The quantitative estimate of drug-likeness (QED) is 0.464. The standard InChI is InChI=1S/C10H13N3O6/c1-3-19-10(16)7-5-12(6(2)4-8(14)15)11-9(7)13(17)18/h5-6H,3-4H2,1-2H3,(H,14,15). The van der Waals surface area contributed by atoms with Gasteiger partial charge in [-0.3, -0.25) is 4.79 Å². The van der Waals surface area contributed by atoms with Crippen molar-refractivity contribution in [3.8, 4) is 0 Å². The van der Waals surface area contributed by atoms with Crippen molar-refractivity contribution in [2.24, 2.45) is 0 Å². The summed E-state index contributed by atoms with van der Waals surface area (Å²) in [5.74, 6) is -2.57. The minimum atomic E-state index is -1.07. The first-order valence-corrected chi connectivity index (χ1v) is 5.49. The average Bonchev–Trinajstić information content (AvgIpc) is 2.73. The molecule has 1 unspecified atom stereocenters. The molecule has 104 valence electrons. The van der Waals surface area contributed by atoms with E-state index in [0.29, 0.717) is 0 Å². The van der Waals surface area contributed by atoms with Gasteiger partial charge in [0.2, 0.25) is 0 Å². The van der Waals surface area contributed by atoms with Crippen molar-refractivity contribution in [1.29, 1.82) is 0 Å². The molecule has 0 bridgehead atoms. The van der Waals surface area contributed by atoms with Gasteiger partial charge in [-0.25, -0.2) is 4.79 Å². The van der Waals surface area contributed by atoms with Crippen LogP contribution in [-0.4, -0.2) is 38.4 Å². The molecule has 1 rings (SSSR count). The van der Waals surface area contributed by atoms with Gasteiger partial charge < -0.3 is 20.0 Å². The molecule has 1 aromatic rings. The molecule has 0 saturated carbocycles. The number of carboxylic acids is 1. The van der Waals surface area contributed by atoms with Crippen LogP contribution in [0.15, 0.2) is 6.20 Å². The lowest BCUT2D eigenvalue weighted by atomic mass is 10.2. The van der Waals surface area contributed by atoms with Crippen LogP contribution in [0, 0.1) is 10.1 Å². The average molecular weight is 271 g/mol. The van der Waals surface area contributed by atoms with Gasteiger partial charge in [0.25, 0.3) is 0 Å². The van der Waals surface area contributed by atoms with Crippen LogP contribution in [0.4, 0.5) is 5.82 Å². The molecule has 9 heteroatoms. The van der Waals surface area contributed by atoms with E-state index in [9.17, 15) is 19.7 Å². The number of hydrogen-bond acceptors (Lipinski definition) is 6. The normalized spacial score (nSPS) is 11.9. The van der Waals surface area contributed by atoms with Crippen molar-refractivity contribution < 1.29 is 24.4 Å². The van der Waals surface area contributed by atoms with E-state index in [1.54, 1.807) is 6.92 Å². The maximum absolute atomic E-state index is 11.5. The van der Waals surface area contributed by atoms with Crippen LogP contribution in [-0.2, 0) is 9.53 Å². The second-order valence-corrected chi connectivity index (χ2v) is 3.77. The van der Waals surface area contributed by atoms with E-state index >= 15 is 0 Å². The molecule has 0 spiro atoms. The molecule has 0 saturated heterocycles. The van der Waals surface area contributed by atoms with Crippen molar-refractivity contribution >= 4 is 17.8 Å². The maximum Gasteiger partial charge on any atom is 0.404 e. The summed E-state index contributed by atoms with van der Waals surface area (Å²) >= 11 is 0. The molecule has 19 heavy (non-hydrogen) atoms. The lowest BCUT2D eigenvalue weighted by Crippen LogP contribution is -2.11. The zero-order chi connectivity index (χ0) is 14.6. The number of carbonyl (C=O) groups is 2. The van der Waals surface area contributed by atoms with Gasteiger partial charge in [0.15, 0.2) is 5.56 Å². The van der Waals surface area contributed by atoms with Crippen LogP contribution in [0.25, 0.3) is 0 Å². The fraction of sp³-hybridized carbons (Fsp3) is 0.500. The van der Waals surface area contributed by atoms with Crippen molar-refractivity contribution in [3.05, 3.63) is 21.9 Å².